The molecule has 1 heterocycles. The molecule has 1 atom stereocenters. The van der Waals surface area contributed by atoms with Gasteiger partial charge in [0.15, 0.2) is 0 Å². The molecule has 1 fully saturated rings. The molecule has 0 unspecified atom stereocenters. The van der Waals surface area contributed by atoms with Gasteiger partial charge in [-0.25, -0.2) is 4.79 Å². The number of nitrogens with two attached hydrogens (primary N) is 1. The molecule has 1 saturated heterocycles. The summed E-state index contributed by atoms with van der Waals surface area (Å²) in [6.45, 7) is 1.50. The maximum atomic E-state index is 11.7. The van der Waals surface area contributed by atoms with Gasteiger partial charge in [-0.15, -0.1) is 0 Å². The summed E-state index contributed by atoms with van der Waals surface area (Å²) in [4.78, 5) is 11.7. The van der Waals surface area contributed by atoms with Gasteiger partial charge < -0.3 is 15.2 Å². The van der Waals surface area contributed by atoms with Crippen LogP contribution in [-0.4, -0.2) is 26.3 Å². The van der Waals surface area contributed by atoms with E-state index in [9.17, 15) is 4.79 Å². The van der Waals surface area contributed by atoms with Gasteiger partial charge in [-0.1, -0.05) is 18.2 Å². The first-order chi connectivity index (χ1) is 8.74. The fourth-order valence-electron chi connectivity index (χ4n) is 2.41. The zero-order valence-corrected chi connectivity index (χ0v) is 10.6. The summed E-state index contributed by atoms with van der Waals surface area (Å²) >= 11 is 0. The van der Waals surface area contributed by atoms with Crippen LogP contribution in [0.5, 0.6) is 0 Å². The average molecular weight is 249 g/mol. The highest BCUT2D eigenvalue weighted by Crippen LogP contribution is 2.30. The standard InChI is InChI=1S/C14H19NO3/c1-17-14(16)12-5-3-2-4-11(12)13(15)10-6-8-18-9-7-10/h2-5,10,13H,6-9,15H2,1H3/t13-/m0/s1. The van der Waals surface area contributed by atoms with Crippen molar-refractivity contribution in [2.75, 3.05) is 20.3 Å². The van der Waals surface area contributed by atoms with Crippen LogP contribution in [0.4, 0.5) is 0 Å². The van der Waals surface area contributed by atoms with Crippen molar-refractivity contribution in [1.29, 1.82) is 0 Å². The van der Waals surface area contributed by atoms with Gasteiger partial charge in [-0.3, -0.25) is 0 Å². The predicted molar refractivity (Wildman–Crippen MR) is 68.3 cm³/mol. The molecule has 0 spiro atoms. The number of rotatable bonds is 3. The summed E-state index contributed by atoms with van der Waals surface area (Å²) in [5.41, 5.74) is 7.74. The van der Waals surface area contributed by atoms with Crippen LogP contribution in [0, 0.1) is 5.92 Å². The molecule has 1 aromatic rings. The largest absolute Gasteiger partial charge is 0.465 e. The minimum absolute atomic E-state index is 0.135. The monoisotopic (exact) mass is 249 g/mol. The maximum absolute atomic E-state index is 11.7. The first-order valence-electron chi connectivity index (χ1n) is 6.24. The number of benzene rings is 1. The third-order valence-corrected chi connectivity index (χ3v) is 3.50. The third-order valence-electron chi connectivity index (χ3n) is 3.50. The fraction of sp³-hybridized carbons (Fsp3) is 0.500. The van der Waals surface area contributed by atoms with Gasteiger partial charge in [0.2, 0.25) is 0 Å². The average Bonchev–Trinajstić information content (AvgIpc) is 2.46. The SMILES string of the molecule is COC(=O)c1ccccc1[C@@H](N)C1CCOCC1. The molecular weight excluding hydrogens is 230 g/mol. The molecule has 2 rings (SSSR count). The van der Waals surface area contributed by atoms with E-state index < -0.39 is 0 Å². The van der Waals surface area contributed by atoms with Crippen LogP contribution in [0.25, 0.3) is 0 Å². The Morgan fingerprint density at radius 3 is 2.72 bits per heavy atom. The van der Waals surface area contributed by atoms with Crippen LogP contribution >= 0.6 is 0 Å². The first kappa shape index (κ1) is 13.1. The second-order valence-corrected chi connectivity index (χ2v) is 4.55. The zero-order valence-electron chi connectivity index (χ0n) is 10.6. The molecule has 0 aromatic heterocycles. The molecule has 4 nitrogen and oxygen atoms in total. The van der Waals surface area contributed by atoms with Gasteiger partial charge in [0.05, 0.1) is 12.7 Å². The molecule has 1 aliphatic rings. The number of ether oxygens (including phenoxy) is 2. The van der Waals surface area contributed by atoms with Crippen molar-refractivity contribution in [3.63, 3.8) is 0 Å². The first-order valence-corrected chi connectivity index (χ1v) is 6.24. The Morgan fingerprint density at radius 2 is 2.06 bits per heavy atom. The number of hydrogen-bond acceptors (Lipinski definition) is 4. The quantitative estimate of drug-likeness (QED) is 0.831. The fourth-order valence-corrected chi connectivity index (χ4v) is 2.41. The number of esters is 1. The smallest absolute Gasteiger partial charge is 0.338 e. The molecule has 0 bridgehead atoms. The van der Waals surface area contributed by atoms with Crippen LogP contribution in [0.1, 0.15) is 34.8 Å². The van der Waals surface area contributed by atoms with Crippen LogP contribution in [0.2, 0.25) is 0 Å². The molecule has 0 saturated carbocycles. The molecule has 0 amide bonds. The summed E-state index contributed by atoms with van der Waals surface area (Å²) in [5, 5.41) is 0. The van der Waals surface area contributed by atoms with Gasteiger partial charge in [-0.2, -0.15) is 0 Å². The van der Waals surface area contributed by atoms with E-state index in [-0.39, 0.29) is 12.0 Å². The molecule has 18 heavy (non-hydrogen) atoms. The van der Waals surface area contributed by atoms with Gasteiger partial charge >= 0.3 is 5.97 Å². The topological polar surface area (TPSA) is 61.5 Å². The van der Waals surface area contributed by atoms with E-state index in [1.807, 2.05) is 18.2 Å². The van der Waals surface area contributed by atoms with Crippen molar-refractivity contribution in [1.82, 2.24) is 0 Å². The lowest BCUT2D eigenvalue weighted by Gasteiger charge is -2.28. The van der Waals surface area contributed by atoms with Crippen LogP contribution < -0.4 is 5.73 Å². The summed E-state index contributed by atoms with van der Waals surface area (Å²) in [6, 6.07) is 7.27. The van der Waals surface area contributed by atoms with E-state index >= 15 is 0 Å². The minimum Gasteiger partial charge on any atom is -0.465 e. The van der Waals surface area contributed by atoms with Crippen molar-refractivity contribution in [3.8, 4) is 0 Å². The van der Waals surface area contributed by atoms with Crippen LogP contribution in [0.3, 0.4) is 0 Å². The van der Waals surface area contributed by atoms with E-state index in [4.69, 9.17) is 15.2 Å². The Balaban J connectivity index is 2.23. The molecule has 0 radical (unpaired) electrons. The van der Waals surface area contributed by atoms with Crippen LogP contribution in [0.15, 0.2) is 24.3 Å². The van der Waals surface area contributed by atoms with Gasteiger partial charge in [0.1, 0.15) is 0 Å². The number of carbonyl (C=O) groups excluding carboxylic acids is 1. The van der Waals surface area contributed by atoms with E-state index in [0.717, 1.165) is 31.6 Å². The Labute approximate surface area is 107 Å². The molecule has 1 aliphatic heterocycles. The maximum Gasteiger partial charge on any atom is 0.338 e. The number of carbonyl (C=O) groups is 1. The lowest BCUT2D eigenvalue weighted by Crippen LogP contribution is -2.28. The molecule has 1 aromatic carbocycles. The van der Waals surface area contributed by atoms with Crippen molar-refractivity contribution in [2.45, 2.75) is 18.9 Å². The summed E-state index contributed by atoms with van der Waals surface area (Å²) in [5.74, 6) is 0.0395. The highest BCUT2D eigenvalue weighted by Gasteiger charge is 2.25. The van der Waals surface area contributed by atoms with Crippen LogP contribution in [-0.2, 0) is 9.47 Å². The van der Waals surface area contributed by atoms with E-state index in [0.29, 0.717) is 11.5 Å². The molecule has 0 aliphatic carbocycles. The molecule has 98 valence electrons. The van der Waals surface area contributed by atoms with Gasteiger partial charge in [-0.05, 0) is 30.4 Å². The normalized spacial score (nSPS) is 18.3. The van der Waals surface area contributed by atoms with Crippen molar-refractivity contribution in [2.24, 2.45) is 11.7 Å². The lowest BCUT2D eigenvalue weighted by atomic mass is 9.86. The van der Waals surface area contributed by atoms with Crippen molar-refractivity contribution < 1.29 is 14.3 Å². The van der Waals surface area contributed by atoms with E-state index in [1.165, 1.54) is 7.11 Å². The van der Waals surface area contributed by atoms with Crippen molar-refractivity contribution >= 4 is 5.97 Å². The second-order valence-electron chi connectivity index (χ2n) is 4.55. The lowest BCUT2D eigenvalue weighted by molar-refractivity contribution is 0.0563. The zero-order chi connectivity index (χ0) is 13.0. The molecule has 2 N–H and O–H groups in total. The van der Waals surface area contributed by atoms with Crippen molar-refractivity contribution in [3.05, 3.63) is 35.4 Å². The van der Waals surface area contributed by atoms with Gasteiger partial charge in [0.25, 0.3) is 0 Å². The van der Waals surface area contributed by atoms with Gasteiger partial charge in [0, 0.05) is 19.3 Å². The second kappa shape index (κ2) is 5.98. The molecule has 4 heteroatoms. The predicted octanol–water partition coefficient (Wildman–Crippen LogP) is 1.90. The summed E-state index contributed by atoms with van der Waals surface area (Å²) in [6.07, 6.45) is 1.88. The Hall–Kier alpha value is -1.39. The Bertz CT molecular complexity index is 413. The highest BCUT2D eigenvalue weighted by atomic mass is 16.5. The number of methoxy groups -OCH3 is 1. The number of hydrogen-bond donors (Lipinski definition) is 1. The Kier molecular flexibility index (Phi) is 4.33. The summed E-state index contributed by atoms with van der Waals surface area (Å²) < 4.78 is 10.1. The third kappa shape index (κ3) is 2.71. The van der Waals surface area contributed by atoms with E-state index in [2.05, 4.69) is 0 Å². The Morgan fingerprint density at radius 1 is 1.39 bits per heavy atom. The van der Waals surface area contributed by atoms with E-state index in [1.54, 1.807) is 6.07 Å². The summed E-state index contributed by atoms with van der Waals surface area (Å²) in [7, 11) is 1.39. The molecular formula is C14H19NO3. The minimum atomic E-state index is -0.326. The highest BCUT2D eigenvalue weighted by molar-refractivity contribution is 5.91.